The van der Waals surface area contributed by atoms with Crippen LogP contribution in [0.2, 0.25) is 0 Å². The first-order valence-electron chi connectivity index (χ1n) is 7.53. The minimum Gasteiger partial charge on any atom is -0.308 e. The fourth-order valence-electron chi connectivity index (χ4n) is 2.99. The lowest BCUT2D eigenvalue weighted by molar-refractivity contribution is 0.375. The number of nitrogens with one attached hydrogen (secondary N) is 1. The van der Waals surface area contributed by atoms with Crippen LogP contribution >= 0.6 is 0 Å². The van der Waals surface area contributed by atoms with Crippen molar-refractivity contribution in [1.29, 1.82) is 0 Å². The molecule has 1 aliphatic carbocycles. The van der Waals surface area contributed by atoms with Gasteiger partial charge >= 0.3 is 0 Å². The molecule has 0 amide bonds. The third kappa shape index (κ3) is 3.14. The second-order valence-electron chi connectivity index (χ2n) is 5.51. The van der Waals surface area contributed by atoms with Gasteiger partial charge in [0.2, 0.25) is 0 Å². The molecule has 0 radical (unpaired) electrons. The fourth-order valence-corrected chi connectivity index (χ4v) is 2.99. The Morgan fingerprint density at radius 1 is 1.39 bits per heavy atom. The summed E-state index contributed by atoms with van der Waals surface area (Å²) in [5, 5.41) is 8.29. The van der Waals surface area contributed by atoms with Crippen molar-refractivity contribution in [2.45, 2.75) is 72.0 Å². The van der Waals surface area contributed by atoms with Crippen LogP contribution in [-0.2, 0) is 19.5 Å². The predicted molar refractivity (Wildman–Crippen MR) is 75.5 cm³/mol. The molecule has 1 aromatic heterocycles. The van der Waals surface area contributed by atoms with Gasteiger partial charge in [-0.1, -0.05) is 19.8 Å². The zero-order valence-electron chi connectivity index (χ0n) is 12.1. The Labute approximate surface area is 111 Å². The number of aromatic nitrogens is 2. The van der Waals surface area contributed by atoms with Crippen molar-refractivity contribution in [2.24, 2.45) is 5.92 Å². The van der Waals surface area contributed by atoms with E-state index >= 15 is 0 Å². The quantitative estimate of drug-likeness (QED) is 0.839. The van der Waals surface area contributed by atoms with Crippen molar-refractivity contribution in [2.75, 3.05) is 0 Å². The summed E-state index contributed by atoms with van der Waals surface area (Å²) in [4.78, 5) is 0. The lowest BCUT2D eigenvalue weighted by Gasteiger charge is -2.20. The third-order valence-corrected chi connectivity index (χ3v) is 4.29. The molecule has 1 heterocycles. The Morgan fingerprint density at radius 2 is 2.11 bits per heavy atom. The Morgan fingerprint density at radius 3 is 2.72 bits per heavy atom. The summed E-state index contributed by atoms with van der Waals surface area (Å²) in [6.45, 7) is 8.59. The molecule has 0 bridgehead atoms. The van der Waals surface area contributed by atoms with Crippen LogP contribution in [0, 0.1) is 5.92 Å². The summed E-state index contributed by atoms with van der Waals surface area (Å²) in [5.41, 5.74) is 2.54. The van der Waals surface area contributed by atoms with Crippen LogP contribution in [0.1, 0.15) is 57.8 Å². The van der Waals surface area contributed by atoms with Gasteiger partial charge in [0.05, 0.1) is 11.4 Å². The molecular formula is C15H27N3. The van der Waals surface area contributed by atoms with Crippen molar-refractivity contribution in [3.05, 3.63) is 17.5 Å². The molecule has 1 atom stereocenters. The van der Waals surface area contributed by atoms with E-state index in [-0.39, 0.29) is 0 Å². The Hall–Kier alpha value is -0.830. The summed E-state index contributed by atoms with van der Waals surface area (Å²) in [5.74, 6) is 0.883. The molecule has 18 heavy (non-hydrogen) atoms. The monoisotopic (exact) mass is 249 g/mol. The Kier molecular flexibility index (Phi) is 4.81. The lowest BCUT2D eigenvalue weighted by atomic mass is 10.00. The Bertz CT molecular complexity index is 364. The maximum atomic E-state index is 4.60. The van der Waals surface area contributed by atoms with E-state index in [4.69, 9.17) is 0 Å². The molecule has 1 aliphatic rings. The summed E-state index contributed by atoms with van der Waals surface area (Å²) in [6.07, 6.45) is 6.67. The average molecular weight is 249 g/mol. The zero-order chi connectivity index (χ0) is 13.0. The van der Waals surface area contributed by atoms with E-state index in [9.17, 15) is 0 Å². The molecule has 1 fully saturated rings. The van der Waals surface area contributed by atoms with E-state index in [2.05, 4.69) is 41.9 Å². The van der Waals surface area contributed by atoms with Crippen LogP contribution in [0.5, 0.6) is 0 Å². The predicted octanol–water partition coefficient (Wildman–Crippen LogP) is 3.13. The second-order valence-corrected chi connectivity index (χ2v) is 5.51. The van der Waals surface area contributed by atoms with E-state index < -0.39 is 0 Å². The summed E-state index contributed by atoms with van der Waals surface area (Å²) in [7, 11) is 0. The third-order valence-electron chi connectivity index (χ3n) is 4.29. The summed E-state index contributed by atoms with van der Waals surface area (Å²) in [6, 6.07) is 2.88. The van der Waals surface area contributed by atoms with Crippen LogP contribution in [0.25, 0.3) is 0 Å². The van der Waals surface area contributed by atoms with Crippen LogP contribution in [0.4, 0.5) is 0 Å². The Balaban J connectivity index is 1.90. The zero-order valence-corrected chi connectivity index (χ0v) is 12.1. The van der Waals surface area contributed by atoms with E-state index in [0.29, 0.717) is 6.04 Å². The van der Waals surface area contributed by atoms with Crippen molar-refractivity contribution in [1.82, 2.24) is 15.1 Å². The largest absolute Gasteiger partial charge is 0.308 e. The van der Waals surface area contributed by atoms with Gasteiger partial charge in [0, 0.05) is 19.1 Å². The highest BCUT2D eigenvalue weighted by atomic mass is 15.3. The van der Waals surface area contributed by atoms with Crippen LogP contribution in [0.3, 0.4) is 0 Å². The molecule has 0 aromatic carbocycles. The number of rotatable bonds is 6. The topological polar surface area (TPSA) is 29.9 Å². The number of aryl methyl sites for hydroxylation is 2. The standard InChI is InChI=1S/C15H27N3/c1-4-14-10-15(18(5-2)17-14)11-16-12(3)13-8-6-7-9-13/h10,12-13,16H,4-9,11H2,1-3H3/t12-/m0/s1. The molecule has 1 saturated carbocycles. The summed E-state index contributed by atoms with van der Waals surface area (Å²) < 4.78 is 2.13. The molecular weight excluding hydrogens is 222 g/mol. The van der Waals surface area contributed by atoms with Crippen LogP contribution in [0.15, 0.2) is 6.07 Å². The van der Waals surface area contributed by atoms with Crippen LogP contribution in [-0.4, -0.2) is 15.8 Å². The maximum absolute atomic E-state index is 4.60. The minimum absolute atomic E-state index is 0.637. The smallest absolute Gasteiger partial charge is 0.0625 e. The molecule has 0 aliphatic heterocycles. The van der Waals surface area contributed by atoms with Crippen molar-refractivity contribution < 1.29 is 0 Å². The highest BCUT2D eigenvalue weighted by Gasteiger charge is 2.21. The number of nitrogens with zero attached hydrogens (tertiary/aromatic N) is 2. The van der Waals surface area contributed by atoms with Gasteiger partial charge < -0.3 is 5.32 Å². The first-order chi connectivity index (χ1) is 8.74. The molecule has 3 heteroatoms. The van der Waals surface area contributed by atoms with Gasteiger partial charge in [-0.3, -0.25) is 4.68 Å². The van der Waals surface area contributed by atoms with Gasteiger partial charge in [-0.2, -0.15) is 5.10 Å². The molecule has 0 spiro atoms. The first-order valence-corrected chi connectivity index (χ1v) is 7.53. The molecule has 102 valence electrons. The van der Waals surface area contributed by atoms with Crippen molar-refractivity contribution >= 4 is 0 Å². The van der Waals surface area contributed by atoms with Gasteiger partial charge in [0.15, 0.2) is 0 Å². The van der Waals surface area contributed by atoms with E-state index in [1.165, 1.54) is 37.1 Å². The van der Waals surface area contributed by atoms with Crippen molar-refractivity contribution in [3.63, 3.8) is 0 Å². The van der Waals surface area contributed by atoms with Gasteiger partial charge in [-0.25, -0.2) is 0 Å². The highest BCUT2D eigenvalue weighted by Crippen LogP contribution is 2.27. The second kappa shape index (κ2) is 6.37. The molecule has 0 saturated heterocycles. The fraction of sp³-hybridized carbons (Fsp3) is 0.800. The number of hydrogen-bond acceptors (Lipinski definition) is 2. The molecule has 3 nitrogen and oxygen atoms in total. The molecule has 2 rings (SSSR count). The number of hydrogen-bond donors (Lipinski definition) is 1. The van der Waals surface area contributed by atoms with Crippen LogP contribution < -0.4 is 5.32 Å². The maximum Gasteiger partial charge on any atom is 0.0625 e. The molecule has 0 unspecified atom stereocenters. The summed E-state index contributed by atoms with van der Waals surface area (Å²) >= 11 is 0. The molecule has 1 aromatic rings. The first kappa shape index (κ1) is 13.6. The van der Waals surface area contributed by atoms with E-state index in [0.717, 1.165) is 25.4 Å². The highest BCUT2D eigenvalue weighted by molar-refractivity contribution is 5.10. The van der Waals surface area contributed by atoms with Gasteiger partial charge in [0.25, 0.3) is 0 Å². The average Bonchev–Trinajstić information content (AvgIpc) is 3.04. The molecule has 1 N–H and O–H groups in total. The van der Waals surface area contributed by atoms with Crippen molar-refractivity contribution in [3.8, 4) is 0 Å². The van der Waals surface area contributed by atoms with E-state index in [1.54, 1.807) is 0 Å². The normalized spacial score (nSPS) is 18.4. The van der Waals surface area contributed by atoms with Gasteiger partial charge in [-0.05, 0) is 45.1 Å². The SMILES string of the molecule is CCc1cc(CN[C@@H](C)C2CCCC2)n(CC)n1. The lowest BCUT2D eigenvalue weighted by Crippen LogP contribution is -2.32. The van der Waals surface area contributed by atoms with Gasteiger partial charge in [0.1, 0.15) is 0 Å². The van der Waals surface area contributed by atoms with Gasteiger partial charge in [-0.15, -0.1) is 0 Å². The minimum atomic E-state index is 0.637. The van der Waals surface area contributed by atoms with E-state index in [1.807, 2.05) is 0 Å².